The van der Waals surface area contributed by atoms with Gasteiger partial charge in [0.15, 0.2) is 0 Å². The molecule has 0 radical (unpaired) electrons. The summed E-state index contributed by atoms with van der Waals surface area (Å²) in [7, 11) is 1.51. The number of rotatable bonds is 7. The first-order chi connectivity index (χ1) is 13.2. The van der Waals surface area contributed by atoms with Gasteiger partial charge in [-0.25, -0.2) is 9.45 Å². The molecule has 0 unspecified atom stereocenters. The number of halogens is 2. The van der Waals surface area contributed by atoms with Gasteiger partial charge in [-0.3, -0.25) is 19.0 Å². The molecule has 1 heterocycles. The highest BCUT2D eigenvalue weighted by Crippen LogP contribution is 2.25. The Labute approximate surface area is 176 Å². The molecular formula is C19H23FIN3O4. The molecule has 152 valence electrons. The molecule has 7 nitrogen and oxygen atoms in total. The van der Waals surface area contributed by atoms with Gasteiger partial charge in [-0.1, -0.05) is 0 Å². The van der Waals surface area contributed by atoms with Gasteiger partial charge in [0.1, 0.15) is 11.6 Å². The van der Waals surface area contributed by atoms with E-state index >= 15 is 0 Å². The number of anilines is 2. The topological polar surface area (TPSA) is 83.8 Å². The van der Waals surface area contributed by atoms with E-state index in [2.05, 4.69) is 5.32 Å². The molecule has 2 N–H and O–H groups in total. The number of amides is 1. The number of pyridine rings is 1. The van der Waals surface area contributed by atoms with Crippen LogP contribution in [-0.2, 0) is 11.9 Å². The standard InChI is InChI=1S/C19H23FIN3O4/c1-11(2)24(28-8-7-25)19(27)14-9-12(3)18(26)23(4)17(14)22-16-6-5-13(21)10-15(16)20/h5-6,9-11,22,25H,7-8H2,1-4H3. The van der Waals surface area contributed by atoms with E-state index in [0.29, 0.717) is 5.56 Å². The van der Waals surface area contributed by atoms with Crippen molar-refractivity contribution in [3.05, 3.63) is 55.1 Å². The number of hydrogen-bond donors (Lipinski definition) is 2. The molecule has 1 amide bonds. The summed E-state index contributed by atoms with van der Waals surface area (Å²) >= 11 is 1.99. The van der Waals surface area contributed by atoms with Crippen LogP contribution in [0.5, 0.6) is 0 Å². The molecule has 0 saturated heterocycles. The Bertz CT molecular complexity index is 930. The number of nitrogens with zero attached hydrogens (tertiary/aromatic N) is 2. The van der Waals surface area contributed by atoms with Crippen LogP contribution in [0.25, 0.3) is 0 Å². The predicted octanol–water partition coefficient (Wildman–Crippen LogP) is 2.96. The predicted molar refractivity (Wildman–Crippen MR) is 113 cm³/mol. The summed E-state index contributed by atoms with van der Waals surface area (Å²) in [6, 6.07) is 5.74. The van der Waals surface area contributed by atoms with Gasteiger partial charge in [0, 0.05) is 16.2 Å². The molecule has 1 aromatic heterocycles. The highest BCUT2D eigenvalue weighted by Gasteiger charge is 2.25. The molecule has 0 spiro atoms. The third-order valence-electron chi connectivity index (χ3n) is 4.00. The van der Waals surface area contributed by atoms with Crippen LogP contribution < -0.4 is 10.9 Å². The number of carbonyl (C=O) groups excluding carboxylic acids is 1. The molecule has 0 bridgehead atoms. The van der Waals surface area contributed by atoms with E-state index in [0.717, 1.165) is 8.63 Å². The fourth-order valence-corrected chi connectivity index (χ4v) is 3.08. The number of benzene rings is 1. The Kier molecular flexibility index (Phi) is 7.55. The molecule has 2 aromatic rings. The largest absolute Gasteiger partial charge is 0.394 e. The lowest BCUT2D eigenvalue weighted by Gasteiger charge is -2.27. The van der Waals surface area contributed by atoms with E-state index < -0.39 is 11.7 Å². The monoisotopic (exact) mass is 503 g/mol. The van der Waals surface area contributed by atoms with Gasteiger partial charge in [0.2, 0.25) is 0 Å². The van der Waals surface area contributed by atoms with E-state index in [-0.39, 0.29) is 41.9 Å². The maximum atomic E-state index is 14.3. The second-order valence-electron chi connectivity index (χ2n) is 6.48. The number of nitrogens with one attached hydrogen (secondary N) is 1. The van der Waals surface area contributed by atoms with Gasteiger partial charge in [0.25, 0.3) is 11.5 Å². The Morgan fingerprint density at radius 2 is 2.07 bits per heavy atom. The summed E-state index contributed by atoms with van der Waals surface area (Å²) < 4.78 is 16.3. The van der Waals surface area contributed by atoms with Gasteiger partial charge in [-0.05, 0) is 67.6 Å². The fraction of sp³-hybridized carbons (Fsp3) is 0.368. The van der Waals surface area contributed by atoms with E-state index in [1.165, 1.54) is 29.8 Å². The Morgan fingerprint density at radius 3 is 2.64 bits per heavy atom. The normalized spacial score (nSPS) is 11.0. The zero-order chi connectivity index (χ0) is 21.0. The minimum atomic E-state index is -0.504. The van der Waals surface area contributed by atoms with E-state index in [1.807, 2.05) is 22.6 Å². The van der Waals surface area contributed by atoms with Gasteiger partial charge in [-0.15, -0.1) is 0 Å². The number of aromatic nitrogens is 1. The van der Waals surface area contributed by atoms with Gasteiger partial charge >= 0.3 is 0 Å². The van der Waals surface area contributed by atoms with Crippen LogP contribution in [0.3, 0.4) is 0 Å². The first-order valence-corrected chi connectivity index (χ1v) is 9.75. The highest BCUT2D eigenvalue weighted by molar-refractivity contribution is 14.1. The summed E-state index contributed by atoms with van der Waals surface area (Å²) in [5.41, 5.74) is 0.354. The van der Waals surface area contributed by atoms with Crippen molar-refractivity contribution in [2.45, 2.75) is 26.8 Å². The van der Waals surface area contributed by atoms with Crippen LogP contribution in [0, 0.1) is 16.3 Å². The summed E-state index contributed by atoms with van der Waals surface area (Å²) in [4.78, 5) is 30.9. The molecular weight excluding hydrogens is 480 g/mol. The third-order valence-corrected chi connectivity index (χ3v) is 4.67. The Morgan fingerprint density at radius 1 is 1.39 bits per heavy atom. The number of aryl methyl sites for hydroxylation is 1. The average molecular weight is 503 g/mol. The van der Waals surface area contributed by atoms with E-state index in [4.69, 9.17) is 9.94 Å². The quantitative estimate of drug-likeness (QED) is 0.449. The first-order valence-electron chi connectivity index (χ1n) is 8.67. The molecule has 2 rings (SSSR count). The number of carbonyl (C=O) groups is 1. The zero-order valence-corrected chi connectivity index (χ0v) is 18.3. The zero-order valence-electron chi connectivity index (χ0n) is 16.1. The number of aliphatic hydroxyl groups excluding tert-OH is 1. The number of hydroxylamine groups is 2. The lowest BCUT2D eigenvalue weighted by molar-refractivity contribution is -0.148. The molecule has 0 aliphatic heterocycles. The molecule has 9 heteroatoms. The van der Waals surface area contributed by atoms with Crippen LogP contribution in [-0.4, -0.2) is 39.9 Å². The minimum Gasteiger partial charge on any atom is -0.394 e. The van der Waals surface area contributed by atoms with Gasteiger partial charge in [-0.2, -0.15) is 0 Å². The fourth-order valence-electron chi connectivity index (χ4n) is 2.63. The van der Waals surface area contributed by atoms with Crippen molar-refractivity contribution in [1.29, 1.82) is 0 Å². The average Bonchev–Trinajstić information content (AvgIpc) is 2.63. The lowest BCUT2D eigenvalue weighted by atomic mass is 10.1. The second kappa shape index (κ2) is 9.48. The van der Waals surface area contributed by atoms with E-state index in [1.54, 1.807) is 26.8 Å². The Hall–Kier alpha value is -1.98. The highest BCUT2D eigenvalue weighted by atomic mass is 127. The second-order valence-corrected chi connectivity index (χ2v) is 7.73. The van der Waals surface area contributed by atoms with Crippen LogP contribution in [0.1, 0.15) is 29.8 Å². The summed E-state index contributed by atoms with van der Waals surface area (Å²) in [6.07, 6.45) is 0. The van der Waals surface area contributed by atoms with Crippen LogP contribution in [0.4, 0.5) is 15.9 Å². The molecule has 0 aliphatic carbocycles. The van der Waals surface area contributed by atoms with Gasteiger partial charge < -0.3 is 10.4 Å². The van der Waals surface area contributed by atoms with Crippen LogP contribution in [0.2, 0.25) is 0 Å². The van der Waals surface area contributed by atoms with Crippen molar-refractivity contribution >= 4 is 40.0 Å². The SMILES string of the molecule is Cc1cc(C(=O)N(OCCO)C(C)C)c(Nc2ccc(I)cc2F)n(C)c1=O. The van der Waals surface area contributed by atoms with Crippen molar-refractivity contribution in [2.75, 3.05) is 18.5 Å². The molecule has 0 saturated carbocycles. The summed E-state index contributed by atoms with van der Waals surface area (Å²) in [5.74, 6) is -0.856. The maximum absolute atomic E-state index is 14.3. The van der Waals surface area contributed by atoms with Gasteiger partial charge in [0.05, 0.1) is 30.5 Å². The molecule has 28 heavy (non-hydrogen) atoms. The third kappa shape index (κ3) is 4.89. The minimum absolute atomic E-state index is 0.0524. The maximum Gasteiger partial charge on any atom is 0.281 e. The molecule has 0 atom stereocenters. The first kappa shape index (κ1) is 22.3. The van der Waals surface area contributed by atoms with Crippen LogP contribution in [0.15, 0.2) is 29.1 Å². The van der Waals surface area contributed by atoms with E-state index in [9.17, 15) is 14.0 Å². The van der Waals surface area contributed by atoms with Crippen molar-refractivity contribution in [3.63, 3.8) is 0 Å². The number of hydrogen-bond acceptors (Lipinski definition) is 5. The molecule has 0 aliphatic rings. The number of aliphatic hydroxyl groups is 1. The van der Waals surface area contributed by atoms with Crippen molar-refractivity contribution in [1.82, 2.24) is 9.63 Å². The van der Waals surface area contributed by atoms with Crippen LogP contribution >= 0.6 is 22.6 Å². The molecule has 1 aromatic carbocycles. The Balaban J connectivity index is 2.57. The molecule has 0 fully saturated rings. The van der Waals surface area contributed by atoms with Crippen molar-refractivity contribution < 1.29 is 19.1 Å². The van der Waals surface area contributed by atoms with Crippen molar-refractivity contribution in [3.8, 4) is 0 Å². The summed E-state index contributed by atoms with van der Waals surface area (Å²) in [5, 5.41) is 13.0. The smallest absolute Gasteiger partial charge is 0.281 e. The summed E-state index contributed by atoms with van der Waals surface area (Å²) in [6.45, 7) is 4.82. The lowest BCUT2D eigenvalue weighted by Crippen LogP contribution is -2.39. The van der Waals surface area contributed by atoms with Crippen molar-refractivity contribution in [2.24, 2.45) is 7.05 Å².